The van der Waals surface area contributed by atoms with Crippen LogP contribution in [-0.4, -0.2) is 52.9 Å². The highest BCUT2D eigenvalue weighted by Crippen LogP contribution is 2.39. The van der Waals surface area contributed by atoms with Crippen LogP contribution in [0.3, 0.4) is 0 Å². The lowest BCUT2D eigenvalue weighted by atomic mass is 10.1. The van der Waals surface area contributed by atoms with Crippen LogP contribution in [0.5, 0.6) is 0 Å². The van der Waals surface area contributed by atoms with Gasteiger partial charge in [0.2, 0.25) is 0 Å². The summed E-state index contributed by atoms with van der Waals surface area (Å²) in [6.07, 6.45) is 0.586. The van der Waals surface area contributed by atoms with Gasteiger partial charge in [0, 0.05) is 37.8 Å². The Kier molecular flexibility index (Phi) is 5.66. The summed E-state index contributed by atoms with van der Waals surface area (Å²) in [7, 11) is 0. The van der Waals surface area contributed by atoms with Gasteiger partial charge in [-0.25, -0.2) is 4.98 Å². The Labute approximate surface area is 172 Å². The average molecular weight is 424 g/mol. The van der Waals surface area contributed by atoms with Gasteiger partial charge in [-0.1, -0.05) is 31.0 Å². The van der Waals surface area contributed by atoms with Crippen molar-refractivity contribution < 1.29 is 18.0 Å². The van der Waals surface area contributed by atoms with E-state index in [2.05, 4.69) is 9.88 Å². The van der Waals surface area contributed by atoms with Gasteiger partial charge >= 0.3 is 6.18 Å². The molecule has 4 rings (SSSR count). The van der Waals surface area contributed by atoms with E-state index in [-0.39, 0.29) is 16.5 Å². The molecule has 1 aliphatic heterocycles. The third-order valence-corrected chi connectivity index (χ3v) is 7.07. The molecule has 1 aromatic heterocycles. The molecule has 1 saturated carbocycles. The maximum Gasteiger partial charge on any atom is 0.417 e. The number of aryl methyl sites for hydroxylation is 1. The first-order valence-electron chi connectivity index (χ1n) is 10.0. The van der Waals surface area contributed by atoms with Gasteiger partial charge in [-0.2, -0.15) is 13.2 Å². The molecule has 29 heavy (non-hydrogen) atoms. The SMILES string of the molecule is Cc1nc(-c2ccccc2C(F)(F)F)sc1C(=O)N1CCN(C2CCCC2)CC1. The fourth-order valence-electron chi connectivity index (χ4n) is 4.33. The van der Waals surface area contributed by atoms with E-state index in [1.54, 1.807) is 13.0 Å². The van der Waals surface area contributed by atoms with Gasteiger partial charge in [-0.05, 0) is 25.8 Å². The minimum absolute atomic E-state index is 0.0261. The van der Waals surface area contributed by atoms with Crippen LogP contribution in [0.15, 0.2) is 24.3 Å². The molecule has 156 valence electrons. The summed E-state index contributed by atoms with van der Waals surface area (Å²) in [5.74, 6) is -0.123. The van der Waals surface area contributed by atoms with Gasteiger partial charge in [-0.15, -0.1) is 11.3 Å². The summed E-state index contributed by atoms with van der Waals surface area (Å²) >= 11 is 1.05. The maximum atomic E-state index is 13.4. The van der Waals surface area contributed by atoms with E-state index >= 15 is 0 Å². The second-order valence-electron chi connectivity index (χ2n) is 7.74. The van der Waals surface area contributed by atoms with Crippen LogP contribution in [0.25, 0.3) is 10.6 Å². The van der Waals surface area contributed by atoms with Gasteiger partial charge in [0.25, 0.3) is 5.91 Å². The smallest absolute Gasteiger partial charge is 0.335 e. The summed E-state index contributed by atoms with van der Waals surface area (Å²) in [6, 6.07) is 6.03. The molecule has 8 heteroatoms. The van der Waals surface area contributed by atoms with Crippen LogP contribution in [0, 0.1) is 6.92 Å². The molecular weight excluding hydrogens is 399 g/mol. The summed E-state index contributed by atoms with van der Waals surface area (Å²) in [5.41, 5.74) is -0.207. The number of carbonyl (C=O) groups excluding carboxylic acids is 1. The molecule has 2 fully saturated rings. The topological polar surface area (TPSA) is 36.4 Å². The van der Waals surface area contributed by atoms with Crippen molar-refractivity contribution in [1.82, 2.24) is 14.8 Å². The lowest BCUT2D eigenvalue weighted by molar-refractivity contribution is -0.137. The number of nitrogens with zero attached hydrogens (tertiary/aromatic N) is 3. The predicted molar refractivity (Wildman–Crippen MR) is 107 cm³/mol. The van der Waals surface area contributed by atoms with Crippen LogP contribution in [0.2, 0.25) is 0 Å². The number of aromatic nitrogens is 1. The van der Waals surface area contributed by atoms with E-state index in [0.29, 0.717) is 29.7 Å². The lowest BCUT2D eigenvalue weighted by Crippen LogP contribution is -2.51. The van der Waals surface area contributed by atoms with Gasteiger partial charge in [0.1, 0.15) is 9.88 Å². The highest BCUT2D eigenvalue weighted by Gasteiger charge is 2.35. The number of hydrogen-bond donors (Lipinski definition) is 0. The molecule has 0 radical (unpaired) electrons. The molecule has 2 aliphatic rings. The van der Waals surface area contributed by atoms with Crippen molar-refractivity contribution >= 4 is 17.2 Å². The number of thiazole rings is 1. The standard InChI is InChI=1S/C21H24F3N3OS/c1-14-18(20(28)27-12-10-26(11-13-27)15-6-2-3-7-15)29-19(25-14)16-8-4-5-9-17(16)21(22,23)24/h4-5,8-9,15H,2-3,6-7,10-13H2,1H3. The number of benzene rings is 1. The quantitative estimate of drug-likeness (QED) is 0.709. The first kappa shape index (κ1) is 20.3. The number of amides is 1. The minimum atomic E-state index is -4.46. The Balaban J connectivity index is 1.51. The first-order valence-corrected chi connectivity index (χ1v) is 10.8. The number of carbonyl (C=O) groups is 1. The molecule has 1 saturated heterocycles. The molecule has 1 aromatic carbocycles. The maximum absolute atomic E-state index is 13.4. The summed E-state index contributed by atoms with van der Waals surface area (Å²) < 4.78 is 40.1. The van der Waals surface area contributed by atoms with Gasteiger partial charge in [0.15, 0.2) is 0 Å². The van der Waals surface area contributed by atoms with Gasteiger partial charge in [-0.3, -0.25) is 9.69 Å². The third kappa shape index (κ3) is 4.19. The molecule has 0 atom stereocenters. The van der Waals surface area contributed by atoms with Gasteiger partial charge in [0.05, 0.1) is 11.3 Å². The van der Waals surface area contributed by atoms with Crippen molar-refractivity contribution in [2.75, 3.05) is 26.2 Å². The molecule has 1 aliphatic carbocycles. The third-order valence-electron chi connectivity index (χ3n) is 5.90. The van der Waals surface area contributed by atoms with E-state index in [9.17, 15) is 18.0 Å². The van der Waals surface area contributed by atoms with Gasteiger partial charge < -0.3 is 4.90 Å². The lowest BCUT2D eigenvalue weighted by Gasteiger charge is -2.37. The van der Waals surface area contributed by atoms with E-state index in [0.717, 1.165) is 30.5 Å². The molecule has 0 spiro atoms. The Bertz CT molecular complexity index is 882. The second kappa shape index (κ2) is 8.07. The Hall–Kier alpha value is -1.93. The zero-order chi connectivity index (χ0) is 20.6. The van der Waals surface area contributed by atoms with Crippen LogP contribution in [0.1, 0.15) is 46.6 Å². The monoisotopic (exact) mass is 423 g/mol. The molecule has 0 bridgehead atoms. The largest absolute Gasteiger partial charge is 0.417 e. The number of halogens is 3. The fourth-order valence-corrected chi connectivity index (χ4v) is 5.40. The highest BCUT2D eigenvalue weighted by molar-refractivity contribution is 7.17. The van der Waals surface area contributed by atoms with Crippen molar-refractivity contribution in [3.05, 3.63) is 40.4 Å². The van der Waals surface area contributed by atoms with Crippen molar-refractivity contribution in [2.24, 2.45) is 0 Å². The summed E-state index contributed by atoms with van der Waals surface area (Å²) in [6.45, 7) is 4.72. The summed E-state index contributed by atoms with van der Waals surface area (Å²) in [5, 5.41) is 0.239. The zero-order valence-corrected chi connectivity index (χ0v) is 17.2. The Morgan fingerprint density at radius 3 is 2.41 bits per heavy atom. The van der Waals surface area contributed by atoms with Crippen molar-refractivity contribution in [3.63, 3.8) is 0 Å². The van der Waals surface area contributed by atoms with Crippen LogP contribution in [0.4, 0.5) is 13.2 Å². The molecule has 0 unspecified atom stereocenters. The minimum Gasteiger partial charge on any atom is -0.335 e. The van der Waals surface area contributed by atoms with Crippen molar-refractivity contribution in [2.45, 2.75) is 44.8 Å². The number of piperazine rings is 1. The van der Waals surface area contributed by atoms with Crippen LogP contribution in [-0.2, 0) is 6.18 Å². The normalized spacial score (nSPS) is 19.1. The molecule has 4 nitrogen and oxygen atoms in total. The number of alkyl halides is 3. The molecule has 2 aromatic rings. The predicted octanol–water partition coefficient (Wildman–Crippen LogP) is 4.84. The van der Waals surface area contributed by atoms with Crippen LogP contribution >= 0.6 is 11.3 Å². The average Bonchev–Trinajstić information content (AvgIpc) is 3.37. The van der Waals surface area contributed by atoms with Crippen molar-refractivity contribution in [1.29, 1.82) is 0 Å². The van der Waals surface area contributed by atoms with Crippen LogP contribution < -0.4 is 0 Å². The number of hydrogen-bond acceptors (Lipinski definition) is 4. The first-order chi connectivity index (χ1) is 13.8. The number of rotatable bonds is 3. The van der Waals surface area contributed by atoms with E-state index in [4.69, 9.17) is 0 Å². The molecule has 2 heterocycles. The summed E-state index contributed by atoms with van der Waals surface area (Å²) in [4.78, 5) is 22.1. The Morgan fingerprint density at radius 2 is 1.76 bits per heavy atom. The zero-order valence-electron chi connectivity index (χ0n) is 16.3. The Morgan fingerprint density at radius 1 is 1.10 bits per heavy atom. The van der Waals surface area contributed by atoms with Crippen molar-refractivity contribution in [3.8, 4) is 10.6 Å². The van der Waals surface area contributed by atoms with E-state index < -0.39 is 11.7 Å². The molecule has 1 amide bonds. The highest BCUT2D eigenvalue weighted by atomic mass is 32.1. The fraction of sp³-hybridized carbons (Fsp3) is 0.524. The second-order valence-corrected chi connectivity index (χ2v) is 8.74. The van der Waals surface area contributed by atoms with E-state index in [1.165, 1.54) is 37.8 Å². The molecular formula is C21H24F3N3OS. The molecule has 0 N–H and O–H groups in total. The van der Waals surface area contributed by atoms with E-state index in [1.807, 2.05) is 4.90 Å².